The second-order valence-corrected chi connectivity index (χ2v) is 3.43. The van der Waals surface area contributed by atoms with Crippen molar-refractivity contribution < 1.29 is 4.79 Å². The maximum absolute atomic E-state index is 11.4. The number of aromatic nitrogens is 1. The first-order valence-corrected chi connectivity index (χ1v) is 5.11. The van der Waals surface area contributed by atoms with Crippen molar-refractivity contribution in [1.29, 1.82) is 0 Å². The van der Waals surface area contributed by atoms with Gasteiger partial charge in [-0.05, 0) is 18.6 Å². The summed E-state index contributed by atoms with van der Waals surface area (Å²) in [4.78, 5) is 15.2. The van der Waals surface area contributed by atoms with Crippen LogP contribution in [-0.2, 0) is 0 Å². The zero-order chi connectivity index (χ0) is 10.4. The molecule has 0 radical (unpaired) electrons. The largest absolute Gasteiger partial charge is 0.352 e. The van der Waals surface area contributed by atoms with Gasteiger partial charge in [-0.15, -0.1) is 11.6 Å². The number of carbonyl (C=O) groups is 1. The van der Waals surface area contributed by atoms with E-state index in [9.17, 15) is 4.79 Å². The monoisotopic (exact) mass is 232 g/mol. The highest BCUT2D eigenvalue weighted by atomic mass is 35.5. The highest BCUT2D eigenvalue weighted by Crippen LogP contribution is 2.06. The predicted molar refractivity (Wildman–Crippen MR) is 56.9 cm³/mol. The molecule has 1 heterocycles. The molecule has 0 unspecified atom stereocenters. The van der Waals surface area contributed by atoms with Gasteiger partial charge in [0.25, 0.3) is 5.91 Å². The van der Waals surface area contributed by atoms with Crippen molar-refractivity contribution in [2.75, 3.05) is 12.4 Å². The molecule has 1 aromatic heterocycles. The minimum atomic E-state index is -0.153. The molecule has 0 bridgehead atoms. The van der Waals surface area contributed by atoms with Crippen LogP contribution in [0.3, 0.4) is 0 Å². The lowest BCUT2D eigenvalue weighted by atomic mass is 10.2. The van der Waals surface area contributed by atoms with Gasteiger partial charge in [-0.1, -0.05) is 11.6 Å². The summed E-state index contributed by atoms with van der Waals surface area (Å²) in [5.41, 5.74) is 0.513. The number of nitrogens with one attached hydrogen (secondary N) is 1. The van der Waals surface area contributed by atoms with E-state index in [0.29, 0.717) is 23.1 Å². The Morgan fingerprint density at radius 2 is 2.36 bits per heavy atom. The number of pyridine rings is 1. The van der Waals surface area contributed by atoms with Crippen molar-refractivity contribution in [2.24, 2.45) is 0 Å². The Labute approximate surface area is 92.4 Å². The Balaban J connectivity index is 2.52. The van der Waals surface area contributed by atoms with E-state index in [1.54, 1.807) is 6.07 Å². The Hall–Kier alpha value is -0.800. The highest BCUT2D eigenvalue weighted by Gasteiger charge is 2.04. The molecule has 0 aromatic carbocycles. The lowest BCUT2D eigenvalue weighted by Crippen LogP contribution is -2.24. The number of hydrogen-bond donors (Lipinski definition) is 1. The molecule has 1 N–H and O–H groups in total. The molecule has 0 aliphatic heterocycles. The Morgan fingerprint density at radius 1 is 1.57 bits per heavy atom. The summed E-state index contributed by atoms with van der Waals surface area (Å²) in [6, 6.07) is 3.14. The molecule has 1 rings (SSSR count). The fourth-order valence-corrected chi connectivity index (χ4v) is 1.22. The molecule has 76 valence electrons. The molecule has 0 saturated heterocycles. The summed E-state index contributed by atoms with van der Waals surface area (Å²) in [7, 11) is 0. The molecule has 14 heavy (non-hydrogen) atoms. The van der Waals surface area contributed by atoms with Crippen molar-refractivity contribution >= 4 is 29.1 Å². The Kier molecular flexibility index (Phi) is 4.70. The third-order valence-corrected chi connectivity index (χ3v) is 2.06. The smallest absolute Gasteiger partial charge is 0.251 e. The van der Waals surface area contributed by atoms with Crippen LogP contribution in [0.5, 0.6) is 0 Å². The van der Waals surface area contributed by atoms with Crippen molar-refractivity contribution in [3.05, 3.63) is 29.0 Å². The number of alkyl halides is 1. The number of halogens is 2. The van der Waals surface area contributed by atoms with Gasteiger partial charge >= 0.3 is 0 Å². The van der Waals surface area contributed by atoms with Crippen LogP contribution in [0.4, 0.5) is 0 Å². The lowest BCUT2D eigenvalue weighted by molar-refractivity contribution is 0.0953. The number of hydrogen-bond acceptors (Lipinski definition) is 2. The summed E-state index contributed by atoms with van der Waals surface area (Å²) in [5, 5.41) is 3.03. The zero-order valence-electron chi connectivity index (χ0n) is 7.46. The van der Waals surface area contributed by atoms with E-state index in [2.05, 4.69) is 10.3 Å². The zero-order valence-corrected chi connectivity index (χ0v) is 8.98. The molecule has 1 amide bonds. The molecule has 5 heteroatoms. The highest BCUT2D eigenvalue weighted by molar-refractivity contribution is 6.29. The third-order valence-electron chi connectivity index (χ3n) is 1.58. The molecule has 0 aliphatic rings. The van der Waals surface area contributed by atoms with Crippen molar-refractivity contribution in [1.82, 2.24) is 10.3 Å². The Bertz CT molecular complexity index is 317. The van der Waals surface area contributed by atoms with E-state index in [0.717, 1.165) is 6.42 Å². The molecule has 0 atom stereocenters. The van der Waals surface area contributed by atoms with Gasteiger partial charge in [-0.2, -0.15) is 0 Å². The van der Waals surface area contributed by atoms with E-state index in [4.69, 9.17) is 23.2 Å². The average Bonchev–Trinajstić information content (AvgIpc) is 2.18. The lowest BCUT2D eigenvalue weighted by Gasteiger charge is -2.03. The standard InChI is InChI=1S/C9H10Cl2N2O/c10-3-1-4-13-9(14)7-2-5-12-8(11)6-7/h2,5-6H,1,3-4H2,(H,13,14). The van der Waals surface area contributed by atoms with Crippen LogP contribution in [0.2, 0.25) is 5.15 Å². The van der Waals surface area contributed by atoms with Crippen molar-refractivity contribution in [3.63, 3.8) is 0 Å². The molecular formula is C9H10Cl2N2O. The fourth-order valence-electron chi connectivity index (χ4n) is 0.915. The summed E-state index contributed by atoms with van der Waals surface area (Å²) in [5.74, 6) is 0.386. The molecule has 3 nitrogen and oxygen atoms in total. The van der Waals surface area contributed by atoms with Crippen molar-refractivity contribution in [2.45, 2.75) is 6.42 Å². The summed E-state index contributed by atoms with van der Waals surface area (Å²) < 4.78 is 0. The van der Waals surface area contributed by atoms with Crippen LogP contribution in [0, 0.1) is 0 Å². The van der Waals surface area contributed by atoms with Gasteiger partial charge in [0.1, 0.15) is 5.15 Å². The van der Waals surface area contributed by atoms with Crippen LogP contribution in [-0.4, -0.2) is 23.3 Å². The second-order valence-electron chi connectivity index (χ2n) is 2.67. The number of carbonyl (C=O) groups excluding carboxylic acids is 1. The molecule has 0 aliphatic carbocycles. The van der Waals surface area contributed by atoms with E-state index >= 15 is 0 Å². The maximum atomic E-state index is 11.4. The number of nitrogens with zero attached hydrogens (tertiary/aromatic N) is 1. The first kappa shape index (κ1) is 11.3. The van der Waals surface area contributed by atoms with Gasteiger partial charge in [0.15, 0.2) is 0 Å². The van der Waals surface area contributed by atoms with E-state index in [1.807, 2.05) is 0 Å². The maximum Gasteiger partial charge on any atom is 0.251 e. The fraction of sp³-hybridized carbons (Fsp3) is 0.333. The summed E-state index contributed by atoms with van der Waals surface area (Å²) in [6.07, 6.45) is 2.25. The van der Waals surface area contributed by atoms with Gasteiger partial charge in [0.2, 0.25) is 0 Å². The quantitative estimate of drug-likeness (QED) is 0.491. The van der Waals surface area contributed by atoms with E-state index in [-0.39, 0.29) is 5.91 Å². The first-order valence-electron chi connectivity index (χ1n) is 4.20. The van der Waals surface area contributed by atoms with Gasteiger partial charge in [-0.25, -0.2) is 4.98 Å². The van der Waals surface area contributed by atoms with E-state index in [1.165, 1.54) is 12.3 Å². The molecule has 0 saturated carbocycles. The molecule has 0 spiro atoms. The first-order chi connectivity index (χ1) is 6.74. The van der Waals surface area contributed by atoms with E-state index < -0.39 is 0 Å². The van der Waals surface area contributed by atoms with Crippen LogP contribution >= 0.6 is 23.2 Å². The van der Waals surface area contributed by atoms with Crippen LogP contribution in [0.15, 0.2) is 18.3 Å². The minimum Gasteiger partial charge on any atom is -0.352 e. The molecular weight excluding hydrogens is 223 g/mol. The van der Waals surface area contributed by atoms with Gasteiger partial charge < -0.3 is 5.32 Å². The number of amides is 1. The summed E-state index contributed by atoms with van der Waals surface area (Å²) >= 11 is 11.1. The average molecular weight is 233 g/mol. The topological polar surface area (TPSA) is 42.0 Å². The Morgan fingerprint density at radius 3 is 3.00 bits per heavy atom. The third kappa shape index (κ3) is 3.52. The second kappa shape index (κ2) is 5.83. The number of rotatable bonds is 4. The SMILES string of the molecule is O=C(NCCCCl)c1ccnc(Cl)c1. The van der Waals surface area contributed by atoms with Crippen LogP contribution in [0.1, 0.15) is 16.8 Å². The predicted octanol–water partition coefficient (Wildman–Crippen LogP) is 2.09. The van der Waals surface area contributed by atoms with Gasteiger partial charge in [-0.3, -0.25) is 4.79 Å². The van der Waals surface area contributed by atoms with Crippen LogP contribution in [0.25, 0.3) is 0 Å². The minimum absolute atomic E-state index is 0.153. The van der Waals surface area contributed by atoms with Gasteiger partial charge in [0.05, 0.1) is 0 Å². The molecule has 0 fully saturated rings. The summed E-state index contributed by atoms with van der Waals surface area (Å²) in [6.45, 7) is 0.572. The van der Waals surface area contributed by atoms with Gasteiger partial charge in [0, 0.05) is 24.2 Å². The normalized spacial score (nSPS) is 9.86. The van der Waals surface area contributed by atoms with Crippen LogP contribution < -0.4 is 5.32 Å². The molecule has 1 aromatic rings. The van der Waals surface area contributed by atoms with Crippen molar-refractivity contribution in [3.8, 4) is 0 Å².